The maximum atomic E-state index is 13.3. The molecule has 150 valence electrons. The van der Waals surface area contributed by atoms with E-state index in [1.807, 2.05) is 17.0 Å². The molecule has 2 heterocycles. The van der Waals surface area contributed by atoms with E-state index in [-0.39, 0.29) is 30.3 Å². The molecule has 1 atom stereocenters. The van der Waals surface area contributed by atoms with Crippen molar-refractivity contribution in [2.45, 2.75) is 19.4 Å². The summed E-state index contributed by atoms with van der Waals surface area (Å²) in [6.45, 7) is 3.43. The van der Waals surface area contributed by atoms with Gasteiger partial charge in [0, 0.05) is 25.1 Å². The fourth-order valence-electron chi connectivity index (χ4n) is 3.65. The summed E-state index contributed by atoms with van der Waals surface area (Å²) in [6, 6.07) is 10.2. The molecule has 0 N–H and O–H groups in total. The lowest BCUT2D eigenvalue weighted by Crippen LogP contribution is -2.47. The summed E-state index contributed by atoms with van der Waals surface area (Å²) in [4.78, 5) is 30.1. The van der Waals surface area contributed by atoms with Gasteiger partial charge in [-0.2, -0.15) is 0 Å². The van der Waals surface area contributed by atoms with Gasteiger partial charge in [-0.1, -0.05) is 24.3 Å². The van der Waals surface area contributed by atoms with Crippen molar-refractivity contribution in [2.75, 3.05) is 39.2 Å². The number of fused-ring (bicyclic) bond motifs is 1. The molecule has 0 bridgehead atoms. The van der Waals surface area contributed by atoms with Crippen molar-refractivity contribution in [3.05, 3.63) is 57.3 Å². The number of amides is 2. The molecule has 2 aromatic rings. The second kappa shape index (κ2) is 9.54. The molecule has 0 radical (unpaired) electrons. The molecule has 3 rings (SSSR count). The number of carbonyl (C=O) groups excluding carboxylic acids is 2. The summed E-state index contributed by atoms with van der Waals surface area (Å²) in [5.74, 6) is -0.472. The number of nitrogens with zero attached hydrogens (tertiary/aromatic N) is 2. The highest BCUT2D eigenvalue weighted by atomic mass is 35.5. The van der Waals surface area contributed by atoms with Gasteiger partial charge in [-0.3, -0.25) is 9.59 Å². The van der Waals surface area contributed by atoms with Crippen LogP contribution in [-0.2, 0) is 20.7 Å². The fraction of sp³-hybridized carbons (Fsp3) is 0.429. The van der Waals surface area contributed by atoms with Gasteiger partial charge in [0.05, 0.1) is 19.2 Å². The van der Waals surface area contributed by atoms with Crippen LogP contribution >= 0.6 is 22.9 Å². The summed E-state index contributed by atoms with van der Waals surface area (Å²) in [6.07, 6.45) is 0.836. The summed E-state index contributed by atoms with van der Waals surface area (Å²) in [5, 5.41) is 2.09. The minimum Gasteiger partial charge on any atom is -0.383 e. The number of methoxy groups -OCH3 is 1. The molecular weight excluding hydrogens is 396 g/mol. The number of aryl methyl sites for hydroxylation is 1. The number of benzene rings is 1. The van der Waals surface area contributed by atoms with Gasteiger partial charge in [0.15, 0.2) is 0 Å². The van der Waals surface area contributed by atoms with Gasteiger partial charge in [-0.15, -0.1) is 22.9 Å². The van der Waals surface area contributed by atoms with E-state index in [1.54, 1.807) is 18.4 Å². The average molecular weight is 421 g/mol. The molecule has 0 aliphatic carbocycles. The number of hydrogen-bond acceptors (Lipinski definition) is 4. The first-order valence-corrected chi connectivity index (χ1v) is 10.7. The Hall–Kier alpha value is -1.89. The van der Waals surface area contributed by atoms with Crippen LogP contribution in [0.5, 0.6) is 0 Å². The lowest BCUT2D eigenvalue weighted by Gasteiger charge is -2.38. The molecule has 0 fully saturated rings. The molecule has 28 heavy (non-hydrogen) atoms. The van der Waals surface area contributed by atoms with Crippen LogP contribution in [0.2, 0.25) is 0 Å². The Labute approximate surface area is 174 Å². The Kier molecular flexibility index (Phi) is 7.10. The van der Waals surface area contributed by atoms with E-state index in [1.165, 1.54) is 15.3 Å². The number of hydrogen-bond donors (Lipinski definition) is 0. The van der Waals surface area contributed by atoms with Crippen molar-refractivity contribution in [1.82, 2.24) is 9.80 Å². The van der Waals surface area contributed by atoms with Crippen molar-refractivity contribution in [3.63, 3.8) is 0 Å². The highest BCUT2D eigenvalue weighted by Crippen LogP contribution is 2.38. The number of halogens is 1. The number of rotatable bonds is 7. The predicted molar refractivity (Wildman–Crippen MR) is 112 cm³/mol. The van der Waals surface area contributed by atoms with Gasteiger partial charge in [0.25, 0.3) is 0 Å². The molecule has 7 heteroatoms. The molecule has 1 aliphatic rings. The molecule has 0 saturated carbocycles. The van der Waals surface area contributed by atoms with Crippen molar-refractivity contribution in [3.8, 4) is 0 Å². The second-order valence-electron chi connectivity index (χ2n) is 6.84. The minimum absolute atomic E-state index is 0.0107. The van der Waals surface area contributed by atoms with E-state index in [0.29, 0.717) is 19.7 Å². The zero-order chi connectivity index (χ0) is 20.1. The van der Waals surface area contributed by atoms with Gasteiger partial charge in [0.1, 0.15) is 5.88 Å². The number of ether oxygens (including phenoxy) is 1. The van der Waals surface area contributed by atoms with Gasteiger partial charge < -0.3 is 14.5 Å². The second-order valence-corrected chi connectivity index (χ2v) is 8.11. The molecule has 0 saturated heterocycles. The predicted octanol–water partition coefficient (Wildman–Crippen LogP) is 3.24. The van der Waals surface area contributed by atoms with Crippen LogP contribution in [0.4, 0.5) is 0 Å². The van der Waals surface area contributed by atoms with Crippen LogP contribution in [0.3, 0.4) is 0 Å². The SMILES string of the molecule is COCCN(CC(=O)N1CCc2sccc2C1c1ccccc1C)C(=O)CCl. The van der Waals surface area contributed by atoms with E-state index in [2.05, 4.69) is 30.5 Å². The summed E-state index contributed by atoms with van der Waals surface area (Å²) in [5.41, 5.74) is 3.46. The first kappa shape index (κ1) is 20.8. The highest BCUT2D eigenvalue weighted by Gasteiger charge is 2.34. The maximum Gasteiger partial charge on any atom is 0.242 e. The van der Waals surface area contributed by atoms with Crippen LogP contribution in [0.1, 0.15) is 27.6 Å². The van der Waals surface area contributed by atoms with Gasteiger partial charge >= 0.3 is 0 Å². The first-order valence-electron chi connectivity index (χ1n) is 9.30. The molecule has 1 unspecified atom stereocenters. The van der Waals surface area contributed by atoms with E-state index in [4.69, 9.17) is 16.3 Å². The number of alkyl halides is 1. The van der Waals surface area contributed by atoms with Crippen molar-refractivity contribution < 1.29 is 14.3 Å². The number of carbonyl (C=O) groups is 2. The average Bonchev–Trinajstić information content (AvgIpc) is 3.19. The van der Waals surface area contributed by atoms with Gasteiger partial charge in [-0.05, 0) is 41.5 Å². The highest BCUT2D eigenvalue weighted by molar-refractivity contribution is 7.10. The normalized spacial score (nSPS) is 16.0. The zero-order valence-electron chi connectivity index (χ0n) is 16.2. The Morgan fingerprint density at radius 3 is 2.79 bits per heavy atom. The lowest BCUT2D eigenvalue weighted by molar-refractivity contribution is -0.141. The van der Waals surface area contributed by atoms with E-state index in [9.17, 15) is 9.59 Å². The quantitative estimate of drug-likeness (QED) is 0.646. The molecule has 0 spiro atoms. The van der Waals surface area contributed by atoms with E-state index < -0.39 is 0 Å². The van der Waals surface area contributed by atoms with Crippen LogP contribution in [-0.4, -0.2) is 60.8 Å². The molecular formula is C21H25ClN2O3S. The Balaban J connectivity index is 1.89. The van der Waals surface area contributed by atoms with Gasteiger partial charge in [0.2, 0.25) is 11.8 Å². The third kappa shape index (κ3) is 4.40. The summed E-state index contributed by atoms with van der Waals surface area (Å²) >= 11 is 7.48. The summed E-state index contributed by atoms with van der Waals surface area (Å²) < 4.78 is 5.08. The molecule has 1 aromatic carbocycles. The minimum atomic E-state index is -0.257. The van der Waals surface area contributed by atoms with E-state index in [0.717, 1.165) is 17.5 Å². The monoisotopic (exact) mass is 420 g/mol. The topological polar surface area (TPSA) is 49.9 Å². The Morgan fingerprint density at radius 2 is 2.07 bits per heavy atom. The Morgan fingerprint density at radius 1 is 1.29 bits per heavy atom. The smallest absolute Gasteiger partial charge is 0.242 e. The standard InChI is InChI=1S/C21H25ClN2O3S/c1-15-5-3-4-6-16(15)21-17-8-12-28-18(17)7-9-24(21)20(26)14-23(10-11-27-2)19(25)13-22/h3-6,8,12,21H,7,9-11,13-14H2,1-2H3. The molecule has 1 aliphatic heterocycles. The fourth-order valence-corrected chi connectivity index (χ4v) is 4.72. The van der Waals surface area contributed by atoms with Crippen LogP contribution < -0.4 is 0 Å². The van der Waals surface area contributed by atoms with E-state index >= 15 is 0 Å². The zero-order valence-corrected chi connectivity index (χ0v) is 17.8. The van der Waals surface area contributed by atoms with Crippen molar-refractivity contribution in [2.24, 2.45) is 0 Å². The molecule has 1 aromatic heterocycles. The Bertz CT molecular complexity index is 839. The van der Waals surface area contributed by atoms with Crippen molar-refractivity contribution >= 4 is 34.8 Å². The third-order valence-corrected chi connectivity index (χ3v) is 6.35. The first-order chi connectivity index (χ1) is 13.6. The maximum absolute atomic E-state index is 13.3. The van der Waals surface area contributed by atoms with Crippen molar-refractivity contribution in [1.29, 1.82) is 0 Å². The van der Waals surface area contributed by atoms with Crippen LogP contribution in [0.25, 0.3) is 0 Å². The third-order valence-electron chi connectivity index (χ3n) is 5.13. The molecule has 2 amide bonds. The molecule has 5 nitrogen and oxygen atoms in total. The van der Waals surface area contributed by atoms with Crippen LogP contribution in [0, 0.1) is 6.92 Å². The van der Waals surface area contributed by atoms with Gasteiger partial charge in [-0.25, -0.2) is 0 Å². The summed E-state index contributed by atoms with van der Waals surface area (Å²) in [7, 11) is 1.57. The lowest BCUT2D eigenvalue weighted by atomic mass is 9.90. The number of thiophene rings is 1. The largest absolute Gasteiger partial charge is 0.383 e. The van der Waals surface area contributed by atoms with Crippen LogP contribution in [0.15, 0.2) is 35.7 Å².